The van der Waals surface area contributed by atoms with E-state index in [1.165, 1.54) is 0 Å². The zero-order valence-corrected chi connectivity index (χ0v) is 11.3. The molecule has 1 saturated heterocycles. The van der Waals surface area contributed by atoms with E-state index in [-0.39, 0.29) is 17.6 Å². The lowest BCUT2D eigenvalue weighted by atomic mass is 9.82. The molecule has 1 fully saturated rings. The molecular weight excluding hydrogens is 202 g/mol. The van der Waals surface area contributed by atoms with Crippen LogP contribution >= 0.6 is 0 Å². The molecule has 1 rings (SSSR count). The van der Waals surface area contributed by atoms with E-state index in [4.69, 9.17) is 4.74 Å². The van der Waals surface area contributed by atoms with Crippen LogP contribution < -0.4 is 0 Å². The predicted octanol–water partition coefficient (Wildman–Crippen LogP) is 1.90. The monoisotopic (exact) mass is 229 g/mol. The minimum Gasteiger partial charge on any atom is -0.396 e. The number of nitrogens with zero attached hydrogens (tertiary/aromatic N) is 1. The average molecular weight is 229 g/mol. The van der Waals surface area contributed by atoms with Gasteiger partial charge in [0.25, 0.3) is 0 Å². The first kappa shape index (κ1) is 13.9. The van der Waals surface area contributed by atoms with Gasteiger partial charge in [-0.15, -0.1) is 0 Å². The standard InChI is InChI=1S/C13H27NO2/c1-5-13(6-2,11-15)10-14-7-8-16-12(3,4)9-14/h15H,5-11H2,1-4H3. The Hall–Kier alpha value is -0.120. The highest BCUT2D eigenvalue weighted by molar-refractivity contribution is 4.85. The second kappa shape index (κ2) is 5.48. The highest BCUT2D eigenvalue weighted by Crippen LogP contribution is 2.28. The molecular formula is C13H27NO2. The first-order valence-corrected chi connectivity index (χ1v) is 6.44. The maximum atomic E-state index is 9.58. The van der Waals surface area contributed by atoms with Crippen LogP contribution in [0.15, 0.2) is 0 Å². The van der Waals surface area contributed by atoms with Gasteiger partial charge >= 0.3 is 0 Å². The Balaban J connectivity index is 2.58. The Kier molecular flexibility index (Phi) is 4.77. The van der Waals surface area contributed by atoms with Gasteiger partial charge in [0.05, 0.1) is 12.2 Å². The smallest absolute Gasteiger partial charge is 0.0753 e. The molecule has 0 atom stereocenters. The number of morpholine rings is 1. The van der Waals surface area contributed by atoms with E-state index in [1.807, 2.05) is 0 Å². The number of aliphatic hydroxyl groups excluding tert-OH is 1. The summed E-state index contributed by atoms with van der Waals surface area (Å²) in [6.45, 7) is 12.7. The van der Waals surface area contributed by atoms with Crippen molar-refractivity contribution >= 4 is 0 Å². The Morgan fingerprint density at radius 1 is 1.31 bits per heavy atom. The first-order chi connectivity index (χ1) is 7.47. The molecule has 96 valence electrons. The molecule has 0 aliphatic carbocycles. The Morgan fingerprint density at radius 2 is 1.94 bits per heavy atom. The molecule has 0 saturated carbocycles. The third-order valence-corrected chi connectivity index (χ3v) is 3.90. The summed E-state index contributed by atoms with van der Waals surface area (Å²) < 4.78 is 5.71. The second-order valence-corrected chi connectivity index (χ2v) is 5.68. The fourth-order valence-corrected chi connectivity index (χ4v) is 2.47. The Bertz CT molecular complexity index is 204. The van der Waals surface area contributed by atoms with Crippen LogP contribution in [-0.2, 0) is 4.74 Å². The van der Waals surface area contributed by atoms with E-state index >= 15 is 0 Å². The van der Waals surface area contributed by atoms with Gasteiger partial charge in [0.15, 0.2) is 0 Å². The van der Waals surface area contributed by atoms with Crippen LogP contribution in [0.25, 0.3) is 0 Å². The fraction of sp³-hybridized carbons (Fsp3) is 1.00. The molecule has 0 aromatic rings. The molecule has 3 heteroatoms. The van der Waals surface area contributed by atoms with Crippen molar-refractivity contribution in [1.82, 2.24) is 4.90 Å². The molecule has 0 aromatic carbocycles. The van der Waals surface area contributed by atoms with Crippen molar-refractivity contribution in [3.05, 3.63) is 0 Å². The summed E-state index contributed by atoms with van der Waals surface area (Å²) in [6.07, 6.45) is 2.08. The number of hydrogen-bond acceptors (Lipinski definition) is 3. The SMILES string of the molecule is CCC(CC)(CO)CN1CCOC(C)(C)C1. The van der Waals surface area contributed by atoms with Crippen LogP contribution in [0.1, 0.15) is 40.5 Å². The summed E-state index contributed by atoms with van der Waals surface area (Å²) in [5.74, 6) is 0. The van der Waals surface area contributed by atoms with E-state index in [0.717, 1.165) is 39.1 Å². The molecule has 1 aliphatic heterocycles. The third-order valence-electron chi connectivity index (χ3n) is 3.90. The fourth-order valence-electron chi connectivity index (χ4n) is 2.47. The second-order valence-electron chi connectivity index (χ2n) is 5.68. The van der Waals surface area contributed by atoms with Crippen molar-refractivity contribution in [1.29, 1.82) is 0 Å². The van der Waals surface area contributed by atoms with E-state index in [9.17, 15) is 5.11 Å². The van der Waals surface area contributed by atoms with E-state index in [1.54, 1.807) is 0 Å². The third kappa shape index (κ3) is 3.44. The molecule has 1 aliphatic rings. The summed E-state index contributed by atoms with van der Waals surface area (Å²) >= 11 is 0. The molecule has 0 amide bonds. The van der Waals surface area contributed by atoms with Gasteiger partial charge in [-0.3, -0.25) is 4.90 Å². The predicted molar refractivity (Wildman–Crippen MR) is 66.6 cm³/mol. The van der Waals surface area contributed by atoms with Gasteiger partial charge in [0, 0.05) is 31.7 Å². The quantitative estimate of drug-likeness (QED) is 0.781. The molecule has 0 spiro atoms. The maximum absolute atomic E-state index is 9.58. The van der Waals surface area contributed by atoms with Crippen LogP contribution in [0.4, 0.5) is 0 Å². The van der Waals surface area contributed by atoms with Gasteiger partial charge in [0.1, 0.15) is 0 Å². The summed E-state index contributed by atoms with van der Waals surface area (Å²) in [5, 5.41) is 9.58. The summed E-state index contributed by atoms with van der Waals surface area (Å²) in [5.41, 5.74) is 0.0361. The minimum atomic E-state index is -0.0407. The van der Waals surface area contributed by atoms with Crippen molar-refractivity contribution in [2.45, 2.75) is 46.1 Å². The van der Waals surface area contributed by atoms with E-state index < -0.39 is 0 Å². The number of ether oxygens (including phenoxy) is 1. The van der Waals surface area contributed by atoms with Crippen LogP contribution in [0.5, 0.6) is 0 Å². The van der Waals surface area contributed by atoms with Crippen molar-refractivity contribution in [3.8, 4) is 0 Å². The zero-order valence-electron chi connectivity index (χ0n) is 11.3. The lowest BCUT2D eigenvalue weighted by Crippen LogP contribution is -2.52. The molecule has 1 N–H and O–H groups in total. The van der Waals surface area contributed by atoms with Crippen molar-refractivity contribution < 1.29 is 9.84 Å². The van der Waals surface area contributed by atoms with Gasteiger partial charge in [-0.2, -0.15) is 0 Å². The van der Waals surface area contributed by atoms with Crippen LogP contribution in [0.3, 0.4) is 0 Å². The lowest BCUT2D eigenvalue weighted by molar-refractivity contribution is -0.0981. The van der Waals surface area contributed by atoms with E-state index in [0.29, 0.717) is 0 Å². The van der Waals surface area contributed by atoms with E-state index in [2.05, 4.69) is 32.6 Å². The van der Waals surface area contributed by atoms with Gasteiger partial charge in [-0.1, -0.05) is 13.8 Å². The zero-order chi connectivity index (χ0) is 12.2. The molecule has 16 heavy (non-hydrogen) atoms. The Labute approximate surface area is 99.8 Å². The normalized spacial score (nSPS) is 22.3. The number of hydrogen-bond donors (Lipinski definition) is 1. The van der Waals surface area contributed by atoms with Gasteiger partial charge in [-0.25, -0.2) is 0 Å². The van der Waals surface area contributed by atoms with Crippen LogP contribution in [0, 0.1) is 5.41 Å². The number of aliphatic hydroxyl groups is 1. The molecule has 1 heterocycles. The topological polar surface area (TPSA) is 32.7 Å². The largest absolute Gasteiger partial charge is 0.396 e. The summed E-state index contributed by atoms with van der Waals surface area (Å²) in [4.78, 5) is 2.44. The molecule has 0 bridgehead atoms. The molecule has 0 unspecified atom stereocenters. The van der Waals surface area contributed by atoms with Gasteiger partial charge < -0.3 is 9.84 Å². The molecule has 0 radical (unpaired) electrons. The lowest BCUT2D eigenvalue weighted by Gasteiger charge is -2.43. The summed E-state index contributed by atoms with van der Waals surface area (Å²) in [7, 11) is 0. The molecule has 3 nitrogen and oxygen atoms in total. The highest BCUT2D eigenvalue weighted by atomic mass is 16.5. The molecule has 0 aromatic heterocycles. The van der Waals surface area contributed by atoms with Gasteiger partial charge in [0.2, 0.25) is 0 Å². The summed E-state index contributed by atoms with van der Waals surface area (Å²) in [6, 6.07) is 0. The van der Waals surface area contributed by atoms with Crippen molar-refractivity contribution in [3.63, 3.8) is 0 Å². The van der Waals surface area contributed by atoms with Gasteiger partial charge in [-0.05, 0) is 26.7 Å². The maximum Gasteiger partial charge on any atom is 0.0753 e. The average Bonchev–Trinajstić information content (AvgIpc) is 2.25. The van der Waals surface area contributed by atoms with Crippen LogP contribution in [-0.4, -0.2) is 48.5 Å². The van der Waals surface area contributed by atoms with Crippen molar-refractivity contribution in [2.24, 2.45) is 5.41 Å². The highest BCUT2D eigenvalue weighted by Gasteiger charge is 2.33. The first-order valence-electron chi connectivity index (χ1n) is 6.44. The minimum absolute atomic E-state index is 0.0407. The van der Waals surface area contributed by atoms with Crippen molar-refractivity contribution in [2.75, 3.05) is 32.8 Å². The number of rotatable bonds is 5. The van der Waals surface area contributed by atoms with Crippen LogP contribution in [0.2, 0.25) is 0 Å². The Morgan fingerprint density at radius 3 is 2.38 bits per heavy atom.